The fourth-order valence-corrected chi connectivity index (χ4v) is 4.43. The molecule has 8 nitrogen and oxygen atoms in total. The van der Waals surface area contributed by atoms with Crippen LogP contribution < -0.4 is 15.4 Å². The molecule has 1 amide bonds. The Hall–Kier alpha value is -5.31. The van der Waals surface area contributed by atoms with Crippen LogP contribution in [0, 0.1) is 12.7 Å². The second-order valence-corrected chi connectivity index (χ2v) is 9.79. The number of rotatable bonds is 8. The number of hydrogen-bond acceptors (Lipinski definition) is 6. The van der Waals surface area contributed by atoms with Gasteiger partial charge in [-0.05, 0) is 80.9 Å². The van der Waals surface area contributed by atoms with Crippen LogP contribution in [0.3, 0.4) is 0 Å². The lowest BCUT2D eigenvalue weighted by Gasteiger charge is -2.16. The number of anilines is 3. The highest BCUT2D eigenvalue weighted by Crippen LogP contribution is 2.36. The number of aromatic carboxylic acids is 1. The molecule has 206 valence electrons. The van der Waals surface area contributed by atoms with Crippen molar-refractivity contribution in [2.75, 3.05) is 10.6 Å². The summed E-state index contributed by atoms with van der Waals surface area (Å²) in [5.74, 6) is -1.05. The average molecular weight is 551 g/mol. The maximum atomic E-state index is 14.1. The molecule has 0 aliphatic heterocycles. The van der Waals surface area contributed by atoms with Gasteiger partial charge in [0, 0.05) is 45.7 Å². The Kier molecular flexibility index (Phi) is 7.60. The molecule has 9 heteroatoms. The normalized spacial score (nSPS) is 11.0. The first kappa shape index (κ1) is 27.3. The smallest absolute Gasteiger partial charge is 0.335 e. The number of nitrogens with one attached hydrogen (secondary N) is 2. The van der Waals surface area contributed by atoms with Crippen LogP contribution in [0.25, 0.3) is 22.0 Å². The second kappa shape index (κ2) is 11.4. The third-order valence-corrected chi connectivity index (χ3v) is 6.19. The molecule has 5 aromatic rings. The minimum absolute atomic E-state index is 0.102. The summed E-state index contributed by atoms with van der Waals surface area (Å²) in [5.41, 5.74) is 4.67. The molecule has 0 aliphatic carbocycles. The summed E-state index contributed by atoms with van der Waals surface area (Å²) in [4.78, 5) is 33.1. The third-order valence-electron chi connectivity index (χ3n) is 6.19. The first-order valence-corrected chi connectivity index (χ1v) is 12.9. The Bertz CT molecular complexity index is 1770. The number of para-hydroxylation sites is 1. The van der Waals surface area contributed by atoms with Gasteiger partial charge in [-0.25, -0.2) is 19.2 Å². The molecule has 1 aromatic heterocycles. The first-order valence-electron chi connectivity index (χ1n) is 12.9. The minimum Gasteiger partial charge on any atom is -0.490 e. The number of amides is 1. The molecule has 1 heterocycles. The van der Waals surface area contributed by atoms with Crippen LogP contribution >= 0.6 is 0 Å². The van der Waals surface area contributed by atoms with Gasteiger partial charge in [0.05, 0.1) is 17.2 Å². The number of aromatic nitrogens is 2. The minimum atomic E-state index is -1.06. The summed E-state index contributed by atoms with van der Waals surface area (Å²) in [5, 5.41) is 15.9. The molecule has 0 saturated heterocycles. The van der Waals surface area contributed by atoms with Gasteiger partial charge in [-0.2, -0.15) is 0 Å². The van der Waals surface area contributed by atoms with E-state index in [1.54, 1.807) is 18.3 Å². The van der Waals surface area contributed by atoms with Crippen molar-refractivity contribution in [1.82, 2.24) is 9.97 Å². The molecule has 0 saturated carbocycles. The summed E-state index contributed by atoms with van der Waals surface area (Å²) in [6, 6.07) is 21.3. The van der Waals surface area contributed by atoms with E-state index >= 15 is 0 Å². The largest absolute Gasteiger partial charge is 0.490 e. The highest BCUT2D eigenvalue weighted by molar-refractivity contribution is 6.05. The highest BCUT2D eigenvalue weighted by Gasteiger charge is 2.15. The molecule has 3 N–H and O–H groups in total. The summed E-state index contributed by atoms with van der Waals surface area (Å²) in [6.45, 7) is 5.66. The number of fused-ring (bicyclic) bond motifs is 1. The van der Waals surface area contributed by atoms with Gasteiger partial charge in [-0.3, -0.25) is 4.79 Å². The van der Waals surface area contributed by atoms with Gasteiger partial charge < -0.3 is 20.5 Å². The predicted octanol–water partition coefficient (Wildman–Crippen LogP) is 7.23. The monoisotopic (exact) mass is 550 g/mol. The molecule has 4 aromatic carbocycles. The second-order valence-electron chi connectivity index (χ2n) is 9.79. The number of halogens is 1. The van der Waals surface area contributed by atoms with Crippen LogP contribution in [-0.2, 0) is 0 Å². The summed E-state index contributed by atoms with van der Waals surface area (Å²) in [6.07, 6.45) is 1.57. The number of benzene rings is 4. The van der Waals surface area contributed by atoms with Crippen LogP contribution in [0.5, 0.6) is 5.75 Å². The van der Waals surface area contributed by atoms with Gasteiger partial charge in [0.25, 0.3) is 5.91 Å². The molecular weight excluding hydrogens is 523 g/mol. The van der Waals surface area contributed by atoms with E-state index in [1.807, 2.05) is 51.1 Å². The Labute approximate surface area is 235 Å². The van der Waals surface area contributed by atoms with Gasteiger partial charge in [0.1, 0.15) is 11.6 Å². The molecular formula is C32H27FN4O4. The molecule has 0 radical (unpaired) electrons. The van der Waals surface area contributed by atoms with Crippen LogP contribution in [0.1, 0.15) is 40.1 Å². The summed E-state index contributed by atoms with van der Waals surface area (Å²) < 4.78 is 20.0. The van der Waals surface area contributed by atoms with Crippen molar-refractivity contribution in [3.8, 4) is 16.9 Å². The predicted molar refractivity (Wildman–Crippen MR) is 157 cm³/mol. The van der Waals surface area contributed by atoms with Crippen molar-refractivity contribution in [1.29, 1.82) is 0 Å². The van der Waals surface area contributed by atoms with E-state index in [2.05, 4.69) is 15.6 Å². The van der Waals surface area contributed by atoms with E-state index in [0.29, 0.717) is 39.7 Å². The molecule has 41 heavy (non-hydrogen) atoms. The fourth-order valence-electron chi connectivity index (χ4n) is 4.43. The molecule has 0 spiro atoms. The fraction of sp³-hybridized carbons (Fsp3) is 0.125. The molecule has 0 aliphatic rings. The first-order chi connectivity index (χ1) is 19.7. The molecule has 0 unspecified atom stereocenters. The average Bonchev–Trinajstić information content (AvgIpc) is 2.92. The lowest BCUT2D eigenvalue weighted by atomic mass is 10.0. The molecule has 0 fully saturated rings. The Morgan fingerprint density at radius 2 is 1.63 bits per heavy atom. The van der Waals surface area contributed by atoms with Gasteiger partial charge in [0.15, 0.2) is 0 Å². The Balaban J connectivity index is 1.43. The van der Waals surface area contributed by atoms with E-state index in [4.69, 9.17) is 14.8 Å². The van der Waals surface area contributed by atoms with E-state index in [1.165, 1.54) is 36.4 Å². The van der Waals surface area contributed by atoms with Crippen molar-refractivity contribution < 1.29 is 23.8 Å². The van der Waals surface area contributed by atoms with Crippen molar-refractivity contribution in [2.24, 2.45) is 0 Å². The SMILES string of the molecule is Cc1cc(NC(=O)c2ccc(C(=O)O)cc2)cc(Nc2ncc3cccc(-c4ccc(F)cc4OC(C)C)c3n2)c1. The van der Waals surface area contributed by atoms with Crippen LogP contribution in [-0.4, -0.2) is 33.1 Å². The summed E-state index contributed by atoms with van der Waals surface area (Å²) >= 11 is 0. The van der Waals surface area contributed by atoms with Gasteiger partial charge in [0.2, 0.25) is 5.95 Å². The number of carboxylic acid groups (broad SMARTS) is 1. The van der Waals surface area contributed by atoms with E-state index in [9.17, 15) is 14.0 Å². The van der Waals surface area contributed by atoms with Gasteiger partial charge >= 0.3 is 5.97 Å². The van der Waals surface area contributed by atoms with E-state index in [0.717, 1.165) is 16.5 Å². The van der Waals surface area contributed by atoms with Crippen molar-refractivity contribution >= 4 is 40.1 Å². The number of carbonyl (C=O) groups excluding carboxylic acids is 1. The topological polar surface area (TPSA) is 113 Å². The van der Waals surface area contributed by atoms with E-state index in [-0.39, 0.29) is 23.4 Å². The third kappa shape index (κ3) is 6.30. The van der Waals surface area contributed by atoms with Crippen LogP contribution in [0.2, 0.25) is 0 Å². The summed E-state index contributed by atoms with van der Waals surface area (Å²) in [7, 11) is 0. The zero-order valence-electron chi connectivity index (χ0n) is 22.6. The van der Waals surface area contributed by atoms with Crippen molar-refractivity contribution in [3.05, 3.63) is 108 Å². The Morgan fingerprint density at radius 1 is 0.902 bits per heavy atom. The highest BCUT2D eigenvalue weighted by atomic mass is 19.1. The van der Waals surface area contributed by atoms with Crippen LogP contribution in [0.4, 0.5) is 21.7 Å². The van der Waals surface area contributed by atoms with Gasteiger partial charge in [-0.15, -0.1) is 0 Å². The van der Waals surface area contributed by atoms with Crippen molar-refractivity contribution in [3.63, 3.8) is 0 Å². The van der Waals surface area contributed by atoms with Crippen LogP contribution in [0.15, 0.2) is 85.1 Å². The molecule has 0 bridgehead atoms. The van der Waals surface area contributed by atoms with Crippen molar-refractivity contribution in [2.45, 2.75) is 26.9 Å². The number of nitrogens with zero attached hydrogens (tertiary/aromatic N) is 2. The maximum Gasteiger partial charge on any atom is 0.335 e. The number of aryl methyl sites for hydroxylation is 1. The van der Waals surface area contributed by atoms with E-state index < -0.39 is 5.97 Å². The number of carboxylic acids is 1. The zero-order chi connectivity index (χ0) is 29.1. The van der Waals surface area contributed by atoms with Gasteiger partial charge in [-0.1, -0.05) is 18.2 Å². The standard InChI is InChI=1S/C32H27FN4O4/c1-18(2)41-28-15-23(33)11-12-26(28)27-6-4-5-22-17-34-32(37-29(22)27)36-25-14-19(3)13-24(16-25)35-30(38)20-7-9-21(10-8-20)31(39)40/h4-18H,1-3H3,(H,35,38)(H,39,40)(H,34,36,37). The lowest BCUT2D eigenvalue weighted by Crippen LogP contribution is -2.12. The maximum absolute atomic E-state index is 14.1. The Morgan fingerprint density at radius 3 is 2.37 bits per heavy atom. The number of hydrogen-bond donors (Lipinski definition) is 3. The zero-order valence-corrected chi connectivity index (χ0v) is 22.6. The molecule has 5 rings (SSSR count). The number of ether oxygens (including phenoxy) is 1. The number of carbonyl (C=O) groups is 2. The quantitative estimate of drug-likeness (QED) is 0.187. The lowest BCUT2D eigenvalue weighted by molar-refractivity contribution is 0.0696. The molecule has 0 atom stereocenters.